The highest BCUT2D eigenvalue weighted by atomic mass is 16.5. The van der Waals surface area contributed by atoms with Gasteiger partial charge in [0.15, 0.2) is 0 Å². The Kier molecular flexibility index (Phi) is 6.85. The first-order chi connectivity index (χ1) is 12.7. The molecule has 2 heterocycles. The molecule has 7 heteroatoms. The van der Waals surface area contributed by atoms with E-state index in [1.54, 1.807) is 4.90 Å². The van der Waals surface area contributed by atoms with Crippen molar-refractivity contribution in [1.82, 2.24) is 20.0 Å². The Morgan fingerprint density at radius 2 is 1.58 bits per heavy atom. The summed E-state index contributed by atoms with van der Waals surface area (Å²) in [5.41, 5.74) is 1.08. The van der Waals surface area contributed by atoms with Crippen molar-refractivity contribution in [2.75, 3.05) is 59.0 Å². The minimum atomic E-state index is -0.0609. The molecule has 26 heavy (non-hydrogen) atoms. The summed E-state index contributed by atoms with van der Waals surface area (Å²) in [5, 5.41) is 2.95. The summed E-state index contributed by atoms with van der Waals surface area (Å²) in [7, 11) is 0. The van der Waals surface area contributed by atoms with E-state index in [2.05, 4.69) is 10.2 Å². The van der Waals surface area contributed by atoms with E-state index in [0.717, 1.165) is 38.4 Å². The number of piperazine rings is 1. The molecule has 0 radical (unpaired) electrons. The number of hydrogen-bond acceptors (Lipinski definition) is 4. The van der Waals surface area contributed by atoms with Crippen LogP contribution in [-0.4, -0.2) is 85.7 Å². The first kappa shape index (κ1) is 18.7. The van der Waals surface area contributed by atoms with Gasteiger partial charge in [-0.1, -0.05) is 30.3 Å². The summed E-state index contributed by atoms with van der Waals surface area (Å²) in [5.74, 6) is 0.181. The minimum Gasteiger partial charge on any atom is -0.379 e. The first-order valence-corrected chi connectivity index (χ1v) is 9.37. The van der Waals surface area contributed by atoms with Crippen molar-refractivity contribution in [1.29, 1.82) is 0 Å². The van der Waals surface area contributed by atoms with Gasteiger partial charge in [0, 0.05) is 58.8 Å². The fourth-order valence-electron chi connectivity index (χ4n) is 3.28. The lowest BCUT2D eigenvalue weighted by atomic mass is 10.2. The molecular weight excluding hydrogens is 332 g/mol. The van der Waals surface area contributed by atoms with Crippen LogP contribution in [0.15, 0.2) is 30.3 Å². The number of carbonyl (C=O) groups is 2. The molecule has 2 aliphatic rings. The molecule has 2 saturated heterocycles. The molecule has 2 fully saturated rings. The lowest BCUT2D eigenvalue weighted by Gasteiger charge is -2.35. The number of ether oxygens (including phenoxy) is 1. The average Bonchev–Trinajstić information content (AvgIpc) is 2.72. The number of nitrogens with one attached hydrogen (secondary N) is 1. The van der Waals surface area contributed by atoms with Crippen LogP contribution in [-0.2, 0) is 16.1 Å². The second-order valence-corrected chi connectivity index (χ2v) is 6.72. The van der Waals surface area contributed by atoms with Crippen LogP contribution in [0.25, 0.3) is 0 Å². The van der Waals surface area contributed by atoms with Crippen LogP contribution in [0.2, 0.25) is 0 Å². The van der Waals surface area contributed by atoms with Gasteiger partial charge in [0.25, 0.3) is 0 Å². The van der Waals surface area contributed by atoms with Crippen molar-refractivity contribution >= 4 is 11.9 Å². The molecule has 0 unspecified atom stereocenters. The molecule has 0 bridgehead atoms. The summed E-state index contributed by atoms with van der Waals surface area (Å²) in [4.78, 5) is 30.6. The Bertz CT molecular complexity index is 582. The molecule has 3 rings (SSSR count). The summed E-state index contributed by atoms with van der Waals surface area (Å²) < 4.78 is 5.32. The molecule has 0 atom stereocenters. The lowest BCUT2D eigenvalue weighted by Crippen LogP contribution is -2.53. The van der Waals surface area contributed by atoms with Crippen molar-refractivity contribution < 1.29 is 14.3 Å². The number of amides is 3. The zero-order chi connectivity index (χ0) is 18.2. The van der Waals surface area contributed by atoms with E-state index in [4.69, 9.17) is 4.74 Å². The van der Waals surface area contributed by atoms with E-state index >= 15 is 0 Å². The van der Waals surface area contributed by atoms with Crippen molar-refractivity contribution in [3.8, 4) is 0 Å². The highest BCUT2D eigenvalue weighted by Gasteiger charge is 2.24. The number of nitrogens with zero attached hydrogens (tertiary/aromatic N) is 3. The fourth-order valence-corrected chi connectivity index (χ4v) is 3.28. The van der Waals surface area contributed by atoms with E-state index < -0.39 is 0 Å². The standard InChI is InChI=1S/C19H28N4O3/c24-18(6-7-21-12-14-26-15-13-21)22-8-10-23(11-9-22)19(25)20-16-17-4-2-1-3-5-17/h1-5H,6-16H2,(H,20,25). The van der Waals surface area contributed by atoms with Gasteiger partial charge in [-0.3, -0.25) is 9.69 Å². The molecule has 0 aliphatic carbocycles. The SMILES string of the molecule is O=C(CCN1CCOCC1)N1CCN(C(=O)NCc2ccccc2)CC1. The zero-order valence-electron chi connectivity index (χ0n) is 15.2. The number of morpholine rings is 1. The number of rotatable bonds is 5. The zero-order valence-corrected chi connectivity index (χ0v) is 15.2. The third-order valence-electron chi connectivity index (χ3n) is 4.95. The Labute approximate surface area is 154 Å². The maximum atomic E-state index is 12.4. The summed E-state index contributed by atoms with van der Waals surface area (Å²) in [6, 6.07) is 9.80. The molecule has 142 valence electrons. The molecule has 1 aromatic carbocycles. The first-order valence-electron chi connectivity index (χ1n) is 9.37. The van der Waals surface area contributed by atoms with Crippen molar-refractivity contribution in [2.24, 2.45) is 0 Å². The van der Waals surface area contributed by atoms with Gasteiger partial charge in [0.2, 0.25) is 5.91 Å². The number of carbonyl (C=O) groups excluding carboxylic acids is 2. The third-order valence-corrected chi connectivity index (χ3v) is 4.95. The maximum absolute atomic E-state index is 12.4. The average molecular weight is 360 g/mol. The highest BCUT2D eigenvalue weighted by Crippen LogP contribution is 2.07. The predicted octanol–water partition coefficient (Wildman–Crippen LogP) is 0.763. The van der Waals surface area contributed by atoms with Gasteiger partial charge >= 0.3 is 6.03 Å². The molecule has 3 amide bonds. The Hall–Kier alpha value is -2.12. The van der Waals surface area contributed by atoms with Crippen LogP contribution in [0.3, 0.4) is 0 Å². The Morgan fingerprint density at radius 1 is 0.923 bits per heavy atom. The van der Waals surface area contributed by atoms with Gasteiger partial charge in [-0.05, 0) is 5.56 Å². The van der Waals surface area contributed by atoms with Crippen LogP contribution < -0.4 is 5.32 Å². The molecule has 2 aliphatic heterocycles. The Balaban J connectivity index is 1.35. The van der Waals surface area contributed by atoms with Crippen molar-refractivity contribution in [3.63, 3.8) is 0 Å². The number of hydrogen-bond donors (Lipinski definition) is 1. The molecule has 1 N–H and O–H groups in total. The van der Waals surface area contributed by atoms with Crippen LogP contribution in [0.1, 0.15) is 12.0 Å². The second-order valence-electron chi connectivity index (χ2n) is 6.72. The van der Waals surface area contributed by atoms with Gasteiger partial charge in [-0.15, -0.1) is 0 Å². The molecule has 0 saturated carbocycles. The highest BCUT2D eigenvalue weighted by molar-refractivity contribution is 5.77. The smallest absolute Gasteiger partial charge is 0.317 e. The topological polar surface area (TPSA) is 65.1 Å². The number of urea groups is 1. The predicted molar refractivity (Wildman–Crippen MR) is 98.7 cm³/mol. The van der Waals surface area contributed by atoms with E-state index in [0.29, 0.717) is 39.1 Å². The van der Waals surface area contributed by atoms with E-state index in [1.165, 1.54) is 0 Å². The number of benzene rings is 1. The lowest BCUT2D eigenvalue weighted by molar-refractivity contribution is -0.133. The van der Waals surface area contributed by atoms with Crippen LogP contribution in [0.5, 0.6) is 0 Å². The molecule has 0 aromatic heterocycles. The maximum Gasteiger partial charge on any atom is 0.317 e. The van der Waals surface area contributed by atoms with Gasteiger partial charge in [-0.25, -0.2) is 4.79 Å². The molecular formula is C19H28N4O3. The summed E-state index contributed by atoms with van der Waals surface area (Å²) in [6.45, 7) is 7.04. The fraction of sp³-hybridized carbons (Fsp3) is 0.579. The second kappa shape index (κ2) is 9.54. The van der Waals surface area contributed by atoms with E-state index in [1.807, 2.05) is 35.2 Å². The van der Waals surface area contributed by atoms with Gasteiger partial charge in [0.1, 0.15) is 0 Å². The van der Waals surface area contributed by atoms with Crippen LogP contribution >= 0.6 is 0 Å². The van der Waals surface area contributed by atoms with Gasteiger partial charge in [-0.2, -0.15) is 0 Å². The quantitative estimate of drug-likeness (QED) is 0.842. The minimum absolute atomic E-state index is 0.0609. The Morgan fingerprint density at radius 3 is 2.27 bits per heavy atom. The van der Waals surface area contributed by atoms with Crippen LogP contribution in [0, 0.1) is 0 Å². The summed E-state index contributed by atoms with van der Waals surface area (Å²) >= 11 is 0. The molecule has 1 aromatic rings. The third kappa shape index (κ3) is 5.44. The largest absolute Gasteiger partial charge is 0.379 e. The van der Waals surface area contributed by atoms with E-state index in [-0.39, 0.29) is 11.9 Å². The van der Waals surface area contributed by atoms with Gasteiger partial charge < -0.3 is 19.9 Å². The molecule has 0 spiro atoms. The van der Waals surface area contributed by atoms with Crippen LogP contribution in [0.4, 0.5) is 4.79 Å². The van der Waals surface area contributed by atoms with E-state index in [9.17, 15) is 9.59 Å². The molecule has 7 nitrogen and oxygen atoms in total. The van der Waals surface area contributed by atoms with Gasteiger partial charge in [0.05, 0.1) is 13.2 Å². The summed E-state index contributed by atoms with van der Waals surface area (Å²) in [6.07, 6.45) is 0.542. The monoisotopic (exact) mass is 360 g/mol. The van der Waals surface area contributed by atoms with Crippen molar-refractivity contribution in [3.05, 3.63) is 35.9 Å². The normalized spacial score (nSPS) is 18.6. The van der Waals surface area contributed by atoms with Crippen molar-refractivity contribution in [2.45, 2.75) is 13.0 Å².